The van der Waals surface area contributed by atoms with E-state index in [-0.39, 0.29) is 18.0 Å². The summed E-state index contributed by atoms with van der Waals surface area (Å²) in [6, 6.07) is 0. The fraction of sp³-hybridized carbons (Fsp3) is 0.667. The maximum atomic E-state index is 10.4. The Balaban J connectivity index is 2.14. The quantitative estimate of drug-likeness (QED) is 0.505. The number of rotatable bonds is 3. The summed E-state index contributed by atoms with van der Waals surface area (Å²) in [6.45, 7) is 1.79. The highest BCUT2D eigenvalue weighted by molar-refractivity contribution is 5.65. The molecule has 0 radical (unpaired) electrons. The Kier molecular flexibility index (Phi) is 3.29. The third-order valence-corrected chi connectivity index (χ3v) is 2.01. The van der Waals surface area contributed by atoms with Crippen LogP contribution < -0.4 is 0 Å². The van der Waals surface area contributed by atoms with E-state index in [1.165, 1.54) is 6.92 Å². The van der Waals surface area contributed by atoms with Crippen LogP contribution in [0.3, 0.4) is 0 Å². The lowest BCUT2D eigenvalue weighted by atomic mass is 10.0. The van der Waals surface area contributed by atoms with Crippen LogP contribution in [0.1, 0.15) is 19.8 Å². The molecular weight excluding hydrogens is 156 g/mol. The highest BCUT2D eigenvalue weighted by atomic mass is 16.5. The van der Waals surface area contributed by atoms with Crippen molar-refractivity contribution in [3.63, 3.8) is 0 Å². The summed E-state index contributed by atoms with van der Waals surface area (Å²) >= 11 is 0. The van der Waals surface area contributed by atoms with Gasteiger partial charge in [-0.15, -0.1) is 0 Å². The number of aliphatic hydroxyl groups excluding tert-OH is 1. The van der Waals surface area contributed by atoms with Crippen LogP contribution in [-0.2, 0) is 9.53 Å². The maximum Gasteiger partial charge on any atom is 0.302 e. The fourth-order valence-corrected chi connectivity index (χ4v) is 1.32. The van der Waals surface area contributed by atoms with Gasteiger partial charge in [-0.25, -0.2) is 0 Å². The zero-order chi connectivity index (χ0) is 8.97. The smallest absolute Gasteiger partial charge is 0.302 e. The lowest BCUT2D eigenvalue weighted by Gasteiger charge is -2.12. The van der Waals surface area contributed by atoms with Crippen molar-refractivity contribution < 1.29 is 14.6 Å². The predicted octanol–water partition coefficient (Wildman–Crippen LogP) is 0.877. The summed E-state index contributed by atoms with van der Waals surface area (Å²) < 4.78 is 4.77. The number of carbonyl (C=O) groups excluding carboxylic acids is 1. The van der Waals surface area contributed by atoms with Crippen molar-refractivity contribution in [1.29, 1.82) is 0 Å². The van der Waals surface area contributed by atoms with Gasteiger partial charge in [0, 0.05) is 12.8 Å². The van der Waals surface area contributed by atoms with Gasteiger partial charge in [-0.05, 0) is 12.8 Å². The van der Waals surface area contributed by atoms with Gasteiger partial charge in [0.25, 0.3) is 0 Å². The van der Waals surface area contributed by atoms with E-state index < -0.39 is 0 Å². The van der Waals surface area contributed by atoms with E-state index in [1.807, 2.05) is 12.2 Å². The Hall–Kier alpha value is -0.830. The topological polar surface area (TPSA) is 46.5 Å². The van der Waals surface area contributed by atoms with Crippen molar-refractivity contribution in [2.45, 2.75) is 25.9 Å². The number of hydrogen-bond acceptors (Lipinski definition) is 3. The lowest BCUT2D eigenvalue weighted by molar-refractivity contribution is -0.141. The van der Waals surface area contributed by atoms with E-state index >= 15 is 0 Å². The molecular formula is C9H14O3. The molecule has 0 aromatic heterocycles. The van der Waals surface area contributed by atoms with Crippen molar-refractivity contribution in [1.82, 2.24) is 0 Å². The van der Waals surface area contributed by atoms with Gasteiger partial charge in [-0.2, -0.15) is 0 Å². The molecule has 0 bridgehead atoms. The highest BCUT2D eigenvalue weighted by Gasteiger charge is 2.19. The minimum atomic E-state index is -0.277. The van der Waals surface area contributed by atoms with E-state index in [0.717, 1.165) is 12.8 Å². The molecule has 1 N–H and O–H groups in total. The molecule has 0 aromatic carbocycles. The second kappa shape index (κ2) is 4.26. The average Bonchev–Trinajstić information content (AvgIpc) is 2.36. The molecule has 0 spiro atoms. The molecule has 1 rings (SSSR count). The summed E-state index contributed by atoms with van der Waals surface area (Å²) in [5, 5.41) is 9.35. The van der Waals surface area contributed by atoms with E-state index in [1.54, 1.807) is 0 Å². The zero-order valence-electron chi connectivity index (χ0n) is 7.19. The first-order chi connectivity index (χ1) is 5.70. The minimum absolute atomic E-state index is 0.171. The summed E-state index contributed by atoms with van der Waals surface area (Å²) in [5.41, 5.74) is 0. The predicted molar refractivity (Wildman–Crippen MR) is 44.5 cm³/mol. The van der Waals surface area contributed by atoms with Gasteiger partial charge in [0.05, 0.1) is 12.7 Å². The van der Waals surface area contributed by atoms with Crippen LogP contribution >= 0.6 is 0 Å². The van der Waals surface area contributed by atoms with E-state index in [0.29, 0.717) is 6.61 Å². The van der Waals surface area contributed by atoms with Gasteiger partial charge in [0.15, 0.2) is 0 Å². The van der Waals surface area contributed by atoms with Gasteiger partial charge in [0.1, 0.15) is 0 Å². The Morgan fingerprint density at radius 3 is 3.00 bits per heavy atom. The summed E-state index contributed by atoms with van der Waals surface area (Å²) in [4.78, 5) is 10.4. The molecule has 68 valence electrons. The largest absolute Gasteiger partial charge is 0.466 e. The molecule has 0 saturated carbocycles. The van der Waals surface area contributed by atoms with Gasteiger partial charge in [-0.3, -0.25) is 4.79 Å². The van der Waals surface area contributed by atoms with E-state index in [2.05, 4.69) is 0 Å². The standard InChI is InChI=1S/C9H14O3/c1-7(10)12-6-5-8-3-2-4-9(8)11/h2-3,8-9,11H,4-6H2,1H3/t8-,9-/m1/s1. The number of carbonyl (C=O) groups is 1. The molecule has 12 heavy (non-hydrogen) atoms. The Morgan fingerprint density at radius 2 is 2.50 bits per heavy atom. The van der Waals surface area contributed by atoms with E-state index in [9.17, 15) is 9.90 Å². The molecule has 0 heterocycles. The average molecular weight is 170 g/mol. The molecule has 0 aliphatic heterocycles. The van der Waals surface area contributed by atoms with Crippen molar-refractivity contribution in [2.75, 3.05) is 6.61 Å². The van der Waals surface area contributed by atoms with Crippen LogP contribution in [0.2, 0.25) is 0 Å². The molecule has 0 fully saturated rings. The molecule has 3 heteroatoms. The molecule has 0 unspecified atom stereocenters. The molecule has 2 atom stereocenters. The summed E-state index contributed by atoms with van der Waals surface area (Å²) in [5.74, 6) is -0.0872. The summed E-state index contributed by atoms with van der Waals surface area (Å²) in [6.07, 6.45) is 5.11. The van der Waals surface area contributed by atoms with Gasteiger partial charge < -0.3 is 9.84 Å². The van der Waals surface area contributed by atoms with Crippen LogP contribution in [0.5, 0.6) is 0 Å². The SMILES string of the molecule is CC(=O)OCC[C@H]1C=CC[C@H]1O. The fourth-order valence-electron chi connectivity index (χ4n) is 1.32. The van der Waals surface area contributed by atoms with Crippen LogP contribution in [0.15, 0.2) is 12.2 Å². The van der Waals surface area contributed by atoms with Crippen LogP contribution in [0.4, 0.5) is 0 Å². The first-order valence-corrected chi connectivity index (χ1v) is 4.18. The monoisotopic (exact) mass is 170 g/mol. The highest BCUT2D eigenvalue weighted by Crippen LogP contribution is 2.20. The van der Waals surface area contributed by atoms with Crippen molar-refractivity contribution in [2.24, 2.45) is 5.92 Å². The Labute approximate surface area is 72.0 Å². The van der Waals surface area contributed by atoms with Gasteiger partial charge >= 0.3 is 5.97 Å². The third kappa shape index (κ3) is 2.66. The lowest BCUT2D eigenvalue weighted by Crippen LogP contribution is -2.16. The molecule has 1 aliphatic rings. The molecule has 0 aromatic rings. The second-order valence-electron chi connectivity index (χ2n) is 3.02. The van der Waals surface area contributed by atoms with Crippen molar-refractivity contribution >= 4 is 5.97 Å². The molecule has 0 amide bonds. The normalized spacial score (nSPS) is 27.5. The van der Waals surface area contributed by atoms with Gasteiger partial charge in [0.2, 0.25) is 0 Å². The molecule has 0 saturated heterocycles. The molecule has 1 aliphatic carbocycles. The second-order valence-corrected chi connectivity index (χ2v) is 3.02. The number of ether oxygens (including phenoxy) is 1. The zero-order valence-corrected chi connectivity index (χ0v) is 7.19. The van der Waals surface area contributed by atoms with Gasteiger partial charge in [-0.1, -0.05) is 12.2 Å². The van der Waals surface area contributed by atoms with E-state index in [4.69, 9.17) is 4.74 Å². The van der Waals surface area contributed by atoms with Crippen molar-refractivity contribution in [3.05, 3.63) is 12.2 Å². The minimum Gasteiger partial charge on any atom is -0.466 e. The maximum absolute atomic E-state index is 10.4. The Morgan fingerprint density at radius 1 is 1.75 bits per heavy atom. The number of aliphatic hydroxyl groups is 1. The van der Waals surface area contributed by atoms with Crippen LogP contribution in [0.25, 0.3) is 0 Å². The van der Waals surface area contributed by atoms with Crippen molar-refractivity contribution in [3.8, 4) is 0 Å². The Bertz CT molecular complexity index is 186. The molecule has 3 nitrogen and oxygen atoms in total. The van der Waals surface area contributed by atoms with Crippen LogP contribution in [0, 0.1) is 5.92 Å². The first kappa shape index (κ1) is 9.26. The number of hydrogen-bond donors (Lipinski definition) is 1. The first-order valence-electron chi connectivity index (χ1n) is 4.18. The summed E-state index contributed by atoms with van der Waals surface area (Å²) in [7, 11) is 0. The van der Waals surface area contributed by atoms with Crippen LogP contribution in [-0.4, -0.2) is 23.8 Å². The third-order valence-electron chi connectivity index (χ3n) is 2.01. The number of esters is 1.